The molecular weight excluding hydrogens is 218 g/mol. The van der Waals surface area contributed by atoms with Crippen molar-refractivity contribution in [2.45, 2.75) is 33.7 Å². The smallest absolute Gasteiger partial charge is 0.274 e. The molecule has 1 aromatic heterocycles. The van der Waals surface area contributed by atoms with Crippen molar-refractivity contribution < 1.29 is 4.92 Å². The number of rotatable bonds is 3. The van der Waals surface area contributed by atoms with E-state index in [0.717, 1.165) is 0 Å². The summed E-state index contributed by atoms with van der Waals surface area (Å²) in [6.07, 6.45) is 1.46. The van der Waals surface area contributed by atoms with Gasteiger partial charge in [-0.1, -0.05) is 27.7 Å². The van der Waals surface area contributed by atoms with Crippen LogP contribution in [0.15, 0.2) is 18.3 Å². The van der Waals surface area contributed by atoms with Crippen molar-refractivity contribution in [3.63, 3.8) is 0 Å². The Hall–Kier alpha value is -1.65. The van der Waals surface area contributed by atoms with Crippen molar-refractivity contribution in [2.24, 2.45) is 10.8 Å². The van der Waals surface area contributed by atoms with Gasteiger partial charge in [-0.15, -0.1) is 0 Å². The van der Waals surface area contributed by atoms with Gasteiger partial charge in [-0.05, 0) is 10.8 Å². The molecule has 1 N–H and O–H groups in total. The Kier molecular flexibility index (Phi) is 2.38. The van der Waals surface area contributed by atoms with Crippen LogP contribution in [0.5, 0.6) is 0 Å². The Morgan fingerprint density at radius 2 is 1.94 bits per heavy atom. The van der Waals surface area contributed by atoms with Crippen LogP contribution in [-0.4, -0.2) is 15.9 Å². The van der Waals surface area contributed by atoms with Gasteiger partial charge in [-0.3, -0.25) is 10.1 Å². The molecule has 5 heteroatoms. The van der Waals surface area contributed by atoms with E-state index < -0.39 is 4.92 Å². The van der Waals surface area contributed by atoms with Crippen LogP contribution in [-0.2, 0) is 0 Å². The molecule has 0 amide bonds. The molecule has 0 radical (unpaired) electrons. The molecule has 17 heavy (non-hydrogen) atoms. The van der Waals surface area contributed by atoms with Crippen molar-refractivity contribution in [2.75, 3.05) is 5.32 Å². The molecule has 5 nitrogen and oxygen atoms in total. The molecule has 2 rings (SSSR count). The Balaban J connectivity index is 2.16. The summed E-state index contributed by atoms with van der Waals surface area (Å²) in [6.45, 7) is 8.73. The molecule has 1 aliphatic carbocycles. The van der Waals surface area contributed by atoms with E-state index >= 15 is 0 Å². The van der Waals surface area contributed by atoms with Gasteiger partial charge in [0.1, 0.15) is 5.82 Å². The molecule has 0 spiro atoms. The van der Waals surface area contributed by atoms with Gasteiger partial charge < -0.3 is 5.32 Å². The Morgan fingerprint density at radius 1 is 1.35 bits per heavy atom. The molecule has 0 bridgehead atoms. The van der Waals surface area contributed by atoms with Gasteiger partial charge in [-0.25, -0.2) is 4.98 Å². The number of nitrogens with zero attached hydrogens (tertiary/aromatic N) is 2. The molecule has 1 aliphatic rings. The number of hydrogen-bond acceptors (Lipinski definition) is 4. The van der Waals surface area contributed by atoms with Crippen molar-refractivity contribution in [3.05, 3.63) is 28.4 Å². The quantitative estimate of drug-likeness (QED) is 0.646. The number of pyridine rings is 1. The monoisotopic (exact) mass is 235 g/mol. The fraction of sp³-hybridized carbons (Fsp3) is 0.583. The Labute approximate surface area is 100 Å². The van der Waals surface area contributed by atoms with E-state index in [4.69, 9.17) is 0 Å². The lowest BCUT2D eigenvalue weighted by atomic mass is 10.0. The minimum absolute atomic E-state index is 0.0683. The normalized spacial score (nSPS) is 20.9. The van der Waals surface area contributed by atoms with Crippen molar-refractivity contribution in [3.8, 4) is 0 Å². The van der Waals surface area contributed by atoms with Gasteiger partial charge >= 0.3 is 0 Å². The van der Waals surface area contributed by atoms with Gasteiger partial charge in [-0.2, -0.15) is 0 Å². The first-order valence-electron chi connectivity index (χ1n) is 5.64. The summed E-state index contributed by atoms with van der Waals surface area (Å²) in [4.78, 5) is 14.4. The highest BCUT2D eigenvalue weighted by Crippen LogP contribution is 2.63. The summed E-state index contributed by atoms with van der Waals surface area (Å²) >= 11 is 0. The van der Waals surface area contributed by atoms with Crippen LogP contribution in [0, 0.1) is 20.9 Å². The summed E-state index contributed by atoms with van der Waals surface area (Å²) in [5, 5.41) is 13.9. The number of anilines is 1. The van der Waals surface area contributed by atoms with E-state index in [-0.39, 0.29) is 16.5 Å². The molecule has 0 aliphatic heterocycles. The van der Waals surface area contributed by atoms with Gasteiger partial charge in [0.2, 0.25) is 0 Å². The standard InChI is InChI=1S/C12H17N3O2/c1-11(2)10(12(11,3)4)14-9-7-8(15(16)17)5-6-13-9/h5-7,10H,1-4H3,(H,13,14). The molecule has 0 aromatic carbocycles. The van der Waals surface area contributed by atoms with E-state index in [1.54, 1.807) is 0 Å². The molecular formula is C12H17N3O2. The van der Waals surface area contributed by atoms with Crippen molar-refractivity contribution in [1.29, 1.82) is 0 Å². The highest BCUT2D eigenvalue weighted by Gasteiger charge is 2.65. The third-order valence-corrected chi connectivity index (χ3v) is 4.27. The van der Waals surface area contributed by atoms with E-state index in [1.165, 1.54) is 18.3 Å². The molecule has 0 saturated heterocycles. The summed E-state index contributed by atoms with van der Waals surface area (Å²) < 4.78 is 0. The molecule has 1 saturated carbocycles. The number of nitrogens with one attached hydrogen (secondary N) is 1. The minimum Gasteiger partial charge on any atom is -0.366 e. The zero-order valence-corrected chi connectivity index (χ0v) is 10.5. The highest BCUT2D eigenvalue weighted by atomic mass is 16.6. The van der Waals surface area contributed by atoms with Crippen LogP contribution < -0.4 is 5.32 Å². The molecule has 0 unspecified atom stereocenters. The fourth-order valence-corrected chi connectivity index (χ4v) is 2.32. The zero-order chi connectivity index (χ0) is 12.8. The Morgan fingerprint density at radius 3 is 2.41 bits per heavy atom. The second-order valence-corrected chi connectivity index (χ2v) is 5.68. The van der Waals surface area contributed by atoms with Crippen LogP contribution in [0.4, 0.5) is 11.5 Å². The fourth-order valence-electron chi connectivity index (χ4n) is 2.32. The molecule has 1 fully saturated rings. The van der Waals surface area contributed by atoms with Gasteiger partial charge in [0.05, 0.1) is 11.0 Å². The van der Waals surface area contributed by atoms with E-state index in [0.29, 0.717) is 11.9 Å². The number of nitro groups is 1. The van der Waals surface area contributed by atoms with Crippen LogP contribution in [0.3, 0.4) is 0 Å². The lowest BCUT2D eigenvalue weighted by Gasteiger charge is -2.06. The van der Waals surface area contributed by atoms with Crippen LogP contribution >= 0.6 is 0 Å². The average Bonchev–Trinajstić information content (AvgIpc) is 2.61. The van der Waals surface area contributed by atoms with Crippen molar-refractivity contribution in [1.82, 2.24) is 4.98 Å². The van der Waals surface area contributed by atoms with E-state index in [2.05, 4.69) is 38.0 Å². The van der Waals surface area contributed by atoms with Gasteiger partial charge in [0.25, 0.3) is 5.69 Å². The van der Waals surface area contributed by atoms with E-state index in [1.807, 2.05) is 0 Å². The van der Waals surface area contributed by atoms with Crippen LogP contribution in [0.1, 0.15) is 27.7 Å². The van der Waals surface area contributed by atoms with Gasteiger partial charge in [0, 0.05) is 18.3 Å². The minimum atomic E-state index is -0.407. The SMILES string of the molecule is CC1(C)C(Nc2cc([N+](=O)[O-])ccn2)C1(C)C. The third-order valence-electron chi connectivity index (χ3n) is 4.27. The van der Waals surface area contributed by atoms with Crippen molar-refractivity contribution >= 4 is 11.5 Å². The molecule has 1 heterocycles. The lowest BCUT2D eigenvalue weighted by Crippen LogP contribution is -2.11. The second-order valence-electron chi connectivity index (χ2n) is 5.68. The maximum absolute atomic E-state index is 10.7. The first-order chi connectivity index (χ1) is 7.76. The summed E-state index contributed by atoms with van der Waals surface area (Å²) in [6, 6.07) is 3.17. The van der Waals surface area contributed by atoms with Crippen LogP contribution in [0.25, 0.3) is 0 Å². The highest BCUT2D eigenvalue weighted by molar-refractivity contribution is 5.48. The lowest BCUT2D eigenvalue weighted by molar-refractivity contribution is -0.384. The zero-order valence-electron chi connectivity index (χ0n) is 10.5. The third kappa shape index (κ3) is 1.75. The largest absolute Gasteiger partial charge is 0.366 e. The number of aromatic nitrogens is 1. The Bertz CT molecular complexity index is 455. The molecule has 1 aromatic rings. The topological polar surface area (TPSA) is 68.1 Å². The predicted octanol–water partition coefficient (Wildman–Crippen LogP) is 2.84. The summed E-state index contributed by atoms with van der Waals surface area (Å²) in [5.74, 6) is 0.572. The predicted molar refractivity (Wildman–Crippen MR) is 65.9 cm³/mol. The van der Waals surface area contributed by atoms with E-state index in [9.17, 15) is 10.1 Å². The summed E-state index contributed by atoms with van der Waals surface area (Å²) in [7, 11) is 0. The maximum Gasteiger partial charge on any atom is 0.274 e. The average molecular weight is 235 g/mol. The first-order valence-corrected chi connectivity index (χ1v) is 5.64. The van der Waals surface area contributed by atoms with Crippen LogP contribution in [0.2, 0.25) is 0 Å². The number of hydrogen-bond donors (Lipinski definition) is 1. The summed E-state index contributed by atoms with van der Waals surface area (Å²) in [5.41, 5.74) is 0.428. The van der Waals surface area contributed by atoms with Gasteiger partial charge in [0.15, 0.2) is 0 Å². The maximum atomic E-state index is 10.7. The molecule has 0 atom stereocenters. The second kappa shape index (κ2) is 3.42. The molecule has 92 valence electrons. The first kappa shape index (κ1) is 11.8.